The molecule has 0 aliphatic heterocycles. The Labute approximate surface area is 132 Å². The lowest BCUT2D eigenvalue weighted by Crippen LogP contribution is -2.28. The van der Waals surface area contributed by atoms with Crippen molar-refractivity contribution in [2.45, 2.75) is 76.3 Å². The minimum Gasteiger partial charge on any atom is -0.460 e. The molecule has 22 heavy (non-hydrogen) atoms. The van der Waals surface area contributed by atoms with Crippen molar-refractivity contribution in [3.63, 3.8) is 0 Å². The highest BCUT2D eigenvalue weighted by molar-refractivity contribution is 5.87. The van der Waals surface area contributed by atoms with Crippen LogP contribution in [0.3, 0.4) is 0 Å². The first-order valence-electron chi connectivity index (χ1n) is 8.45. The Kier molecular flexibility index (Phi) is 7.36. The van der Waals surface area contributed by atoms with Gasteiger partial charge in [0.1, 0.15) is 6.61 Å². The summed E-state index contributed by atoms with van der Waals surface area (Å²) in [4.78, 5) is 11.8. The summed E-state index contributed by atoms with van der Waals surface area (Å²) in [5.74, 6) is -0.482. The maximum atomic E-state index is 11.8. The third-order valence-electron chi connectivity index (χ3n) is 4.32. The standard InChI is InChI=1S/C17H28O5/c1-13(17(19)20-11-10-18)12-16(21-14-6-2-3-7-14)22-15-8-4-5-9-15/h14-16,18H,1-12H2. The number of ether oxygens (including phenoxy) is 3. The van der Waals surface area contributed by atoms with Gasteiger partial charge in [-0.1, -0.05) is 32.3 Å². The van der Waals surface area contributed by atoms with Crippen molar-refractivity contribution in [3.05, 3.63) is 12.2 Å². The highest BCUT2D eigenvalue weighted by Crippen LogP contribution is 2.28. The number of carbonyl (C=O) groups excluding carboxylic acids is 1. The van der Waals surface area contributed by atoms with Gasteiger partial charge in [0.25, 0.3) is 0 Å². The van der Waals surface area contributed by atoms with Crippen LogP contribution in [0.2, 0.25) is 0 Å². The summed E-state index contributed by atoms with van der Waals surface area (Å²) < 4.78 is 17.0. The maximum Gasteiger partial charge on any atom is 0.333 e. The molecule has 0 aromatic carbocycles. The Morgan fingerprint density at radius 2 is 1.55 bits per heavy atom. The molecule has 126 valence electrons. The number of hydrogen-bond donors (Lipinski definition) is 1. The molecule has 0 saturated heterocycles. The van der Waals surface area contributed by atoms with Crippen molar-refractivity contribution in [1.82, 2.24) is 0 Å². The number of hydrogen-bond acceptors (Lipinski definition) is 5. The smallest absolute Gasteiger partial charge is 0.333 e. The van der Waals surface area contributed by atoms with Crippen molar-refractivity contribution >= 4 is 5.97 Å². The zero-order valence-corrected chi connectivity index (χ0v) is 13.3. The summed E-state index contributed by atoms with van der Waals surface area (Å²) in [6.45, 7) is 3.59. The quantitative estimate of drug-likeness (QED) is 0.403. The lowest BCUT2D eigenvalue weighted by Gasteiger charge is -2.25. The van der Waals surface area contributed by atoms with Crippen molar-refractivity contribution in [1.29, 1.82) is 0 Å². The zero-order chi connectivity index (χ0) is 15.8. The van der Waals surface area contributed by atoms with E-state index in [-0.39, 0.29) is 25.4 Å². The van der Waals surface area contributed by atoms with Gasteiger partial charge in [-0.2, -0.15) is 0 Å². The number of carbonyl (C=O) groups is 1. The van der Waals surface area contributed by atoms with Crippen molar-refractivity contribution < 1.29 is 24.1 Å². The van der Waals surface area contributed by atoms with Crippen molar-refractivity contribution in [2.24, 2.45) is 0 Å². The first kappa shape index (κ1) is 17.4. The molecule has 2 saturated carbocycles. The van der Waals surface area contributed by atoms with E-state index in [1.54, 1.807) is 0 Å². The molecular weight excluding hydrogens is 284 g/mol. The van der Waals surface area contributed by atoms with Crippen LogP contribution in [0.15, 0.2) is 12.2 Å². The third-order valence-corrected chi connectivity index (χ3v) is 4.32. The Hall–Kier alpha value is -0.910. The molecule has 0 radical (unpaired) electrons. The fourth-order valence-electron chi connectivity index (χ4n) is 3.13. The second-order valence-corrected chi connectivity index (χ2v) is 6.18. The van der Waals surface area contributed by atoms with Gasteiger partial charge >= 0.3 is 5.97 Å². The molecule has 0 spiro atoms. The van der Waals surface area contributed by atoms with Crippen LogP contribution >= 0.6 is 0 Å². The number of esters is 1. The van der Waals surface area contributed by atoms with Gasteiger partial charge in [0.15, 0.2) is 6.29 Å². The largest absolute Gasteiger partial charge is 0.460 e. The van der Waals surface area contributed by atoms with E-state index in [4.69, 9.17) is 19.3 Å². The minimum atomic E-state index is -0.482. The van der Waals surface area contributed by atoms with E-state index < -0.39 is 12.3 Å². The number of aliphatic hydroxyl groups excluding tert-OH is 1. The molecular formula is C17H28O5. The van der Waals surface area contributed by atoms with Crippen molar-refractivity contribution in [2.75, 3.05) is 13.2 Å². The Balaban J connectivity index is 1.84. The van der Waals surface area contributed by atoms with Crippen molar-refractivity contribution in [3.8, 4) is 0 Å². The van der Waals surface area contributed by atoms with Gasteiger partial charge in [0.05, 0.1) is 18.8 Å². The van der Waals surface area contributed by atoms with Gasteiger partial charge in [0.2, 0.25) is 0 Å². The van der Waals surface area contributed by atoms with E-state index in [1.165, 1.54) is 25.7 Å². The van der Waals surface area contributed by atoms with Crippen LogP contribution in [0.25, 0.3) is 0 Å². The predicted octanol–water partition coefficient (Wildman–Crippen LogP) is 2.71. The topological polar surface area (TPSA) is 65.0 Å². The maximum absolute atomic E-state index is 11.8. The van der Waals surface area contributed by atoms with Crippen LogP contribution in [-0.4, -0.2) is 42.8 Å². The molecule has 0 aromatic heterocycles. The van der Waals surface area contributed by atoms with E-state index in [9.17, 15) is 4.79 Å². The molecule has 0 unspecified atom stereocenters. The number of aliphatic hydroxyl groups is 1. The van der Waals surface area contributed by atoms with E-state index in [2.05, 4.69) is 6.58 Å². The lowest BCUT2D eigenvalue weighted by molar-refractivity contribution is -0.191. The van der Waals surface area contributed by atoms with Gasteiger partial charge in [-0.3, -0.25) is 0 Å². The fourth-order valence-corrected chi connectivity index (χ4v) is 3.13. The predicted molar refractivity (Wildman–Crippen MR) is 82.3 cm³/mol. The average Bonchev–Trinajstić information content (AvgIpc) is 3.18. The van der Waals surface area contributed by atoms with Gasteiger partial charge < -0.3 is 19.3 Å². The minimum absolute atomic E-state index is 0.00448. The normalized spacial score (nSPS) is 19.9. The van der Waals surface area contributed by atoms with Crippen LogP contribution in [0.1, 0.15) is 57.8 Å². The summed E-state index contributed by atoms with van der Waals surface area (Å²) in [6.07, 6.45) is 9.40. The monoisotopic (exact) mass is 312 g/mol. The molecule has 2 aliphatic carbocycles. The second-order valence-electron chi connectivity index (χ2n) is 6.18. The zero-order valence-electron chi connectivity index (χ0n) is 13.3. The van der Waals surface area contributed by atoms with Crippen LogP contribution in [0.5, 0.6) is 0 Å². The molecule has 0 atom stereocenters. The first-order valence-corrected chi connectivity index (χ1v) is 8.45. The van der Waals surface area contributed by atoms with E-state index in [0.717, 1.165) is 25.7 Å². The summed E-state index contributed by atoms with van der Waals surface area (Å²) in [5.41, 5.74) is 0.342. The van der Waals surface area contributed by atoms with Gasteiger partial charge in [-0.15, -0.1) is 0 Å². The Bertz CT molecular complexity index is 338. The molecule has 0 bridgehead atoms. The van der Waals surface area contributed by atoms with Crippen LogP contribution < -0.4 is 0 Å². The molecule has 0 heterocycles. The Morgan fingerprint density at radius 3 is 2.00 bits per heavy atom. The average molecular weight is 312 g/mol. The third kappa shape index (κ3) is 5.71. The van der Waals surface area contributed by atoms with Gasteiger partial charge in [-0.25, -0.2) is 4.79 Å². The highest BCUT2D eigenvalue weighted by atomic mass is 16.7. The molecule has 0 amide bonds. The number of rotatable bonds is 9. The van der Waals surface area contributed by atoms with E-state index in [0.29, 0.717) is 12.0 Å². The molecule has 2 rings (SSSR count). The SMILES string of the molecule is C=C(CC(OC1CCCC1)OC1CCCC1)C(=O)OCCO. The molecule has 2 aliphatic rings. The first-order chi connectivity index (χ1) is 10.7. The molecule has 0 aromatic rings. The summed E-state index contributed by atoms with van der Waals surface area (Å²) in [5, 5.41) is 8.70. The fraction of sp³-hybridized carbons (Fsp3) is 0.824. The summed E-state index contributed by atoms with van der Waals surface area (Å²) in [6, 6.07) is 0. The summed E-state index contributed by atoms with van der Waals surface area (Å²) >= 11 is 0. The highest BCUT2D eigenvalue weighted by Gasteiger charge is 2.27. The van der Waals surface area contributed by atoms with Crippen LogP contribution in [-0.2, 0) is 19.0 Å². The lowest BCUT2D eigenvalue weighted by atomic mass is 10.2. The molecule has 1 N–H and O–H groups in total. The van der Waals surface area contributed by atoms with Crippen LogP contribution in [0, 0.1) is 0 Å². The van der Waals surface area contributed by atoms with E-state index >= 15 is 0 Å². The summed E-state index contributed by atoms with van der Waals surface area (Å²) in [7, 11) is 0. The molecule has 5 heteroatoms. The van der Waals surface area contributed by atoms with Crippen LogP contribution in [0.4, 0.5) is 0 Å². The second kappa shape index (κ2) is 9.28. The Morgan fingerprint density at radius 1 is 1.05 bits per heavy atom. The van der Waals surface area contributed by atoms with E-state index in [1.807, 2.05) is 0 Å². The molecule has 2 fully saturated rings. The van der Waals surface area contributed by atoms with Gasteiger partial charge in [-0.05, 0) is 25.7 Å². The van der Waals surface area contributed by atoms with Gasteiger partial charge in [0, 0.05) is 12.0 Å². The molecule has 5 nitrogen and oxygen atoms in total.